The number of ether oxygens (including phenoxy) is 2. The molecule has 0 aliphatic carbocycles. The summed E-state index contributed by atoms with van der Waals surface area (Å²) in [6, 6.07) is 4.95. The number of morpholine rings is 1. The molecule has 29 heavy (non-hydrogen) atoms. The molecule has 0 saturated carbocycles. The van der Waals surface area contributed by atoms with E-state index in [1.165, 1.54) is 4.31 Å². The van der Waals surface area contributed by atoms with Gasteiger partial charge < -0.3 is 14.8 Å². The van der Waals surface area contributed by atoms with Gasteiger partial charge in [0.25, 0.3) is 0 Å². The third kappa shape index (κ3) is 6.17. The number of hydrogen-bond donors (Lipinski definition) is 1. The van der Waals surface area contributed by atoms with Crippen LogP contribution >= 0.6 is 0 Å². The normalized spacial score (nSPS) is 15.9. The van der Waals surface area contributed by atoms with Crippen LogP contribution < -0.4 is 10.1 Å². The number of carbonyl (C=O) groups excluding carboxylic acids is 1. The average Bonchev–Trinajstić information content (AvgIpc) is 2.70. The highest BCUT2D eigenvalue weighted by Gasteiger charge is 2.27. The molecule has 1 heterocycles. The Balaban J connectivity index is 2.13. The van der Waals surface area contributed by atoms with Gasteiger partial charge >= 0.3 is 0 Å². The summed E-state index contributed by atoms with van der Waals surface area (Å²) in [6.07, 6.45) is 0.678. The van der Waals surface area contributed by atoms with E-state index in [4.69, 9.17) is 9.47 Å². The zero-order chi connectivity index (χ0) is 21.6. The number of amides is 1. The minimum absolute atomic E-state index is 0.0408. The molecule has 8 heteroatoms. The number of aryl methyl sites for hydroxylation is 1. The Labute approximate surface area is 174 Å². The van der Waals surface area contributed by atoms with Crippen LogP contribution in [0.1, 0.15) is 39.7 Å². The minimum Gasteiger partial charge on any atom is -0.496 e. The SMILES string of the molecule is COc1ccc(S(=O)(=O)N2CCOCC2)cc1CCC(=O)NC(C(C)C)C(C)C. The van der Waals surface area contributed by atoms with E-state index in [1.807, 2.05) is 0 Å². The predicted molar refractivity (Wildman–Crippen MR) is 112 cm³/mol. The molecule has 1 amide bonds. The molecule has 1 aromatic carbocycles. The van der Waals surface area contributed by atoms with Crippen LogP contribution in [0.15, 0.2) is 23.1 Å². The van der Waals surface area contributed by atoms with Gasteiger partial charge in [0.05, 0.1) is 25.2 Å². The summed E-state index contributed by atoms with van der Waals surface area (Å²) in [5.74, 6) is 1.23. The maximum atomic E-state index is 12.9. The molecule has 1 N–H and O–H groups in total. The molecule has 1 aliphatic heterocycles. The fourth-order valence-electron chi connectivity index (χ4n) is 3.66. The molecule has 0 aromatic heterocycles. The largest absolute Gasteiger partial charge is 0.496 e. The summed E-state index contributed by atoms with van der Waals surface area (Å²) in [5, 5.41) is 3.10. The highest BCUT2D eigenvalue weighted by atomic mass is 32.2. The van der Waals surface area contributed by atoms with Crippen LogP contribution in [-0.4, -0.2) is 58.1 Å². The Hall–Kier alpha value is -1.64. The van der Waals surface area contributed by atoms with E-state index in [-0.39, 0.29) is 23.3 Å². The van der Waals surface area contributed by atoms with Crippen LogP contribution in [0.5, 0.6) is 5.75 Å². The van der Waals surface area contributed by atoms with Crippen LogP contribution in [0.4, 0.5) is 0 Å². The molecule has 7 nitrogen and oxygen atoms in total. The third-order valence-corrected chi connectivity index (χ3v) is 7.14. The van der Waals surface area contributed by atoms with E-state index in [9.17, 15) is 13.2 Å². The predicted octanol–water partition coefficient (Wildman–Crippen LogP) is 2.45. The summed E-state index contributed by atoms with van der Waals surface area (Å²) >= 11 is 0. The molecule has 1 aromatic rings. The van der Waals surface area contributed by atoms with Gasteiger partial charge in [-0.3, -0.25) is 4.79 Å². The van der Waals surface area contributed by atoms with E-state index in [0.29, 0.717) is 55.9 Å². The number of benzene rings is 1. The van der Waals surface area contributed by atoms with Crippen LogP contribution in [-0.2, 0) is 26.0 Å². The van der Waals surface area contributed by atoms with Gasteiger partial charge in [-0.1, -0.05) is 27.7 Å². The van der Waals surface area contributed by atoms with Gasteiger partial charge in [0.15, 0.2) is 0 Å². The first-order valence-electron chi connectivity index (χ1n) is 10.2. The third-order valence-electron chi connectivity index (χ3n) is 5.25. The number of rotatable bonds is 9. The molecule has 1 fully saturated rings. The Bertz CT molecular complexity index is 778. The number of methoxy groups -OCH3 is 1. The maximum Gasteiger partial charge on any atom is 0.243 e. The van der Waals surface area contributed by atoms with Crippen molar-refractivity contribution in [3.63, 3.8) is 0 Å². The van der Waals surface area contributed by atoms with Gasteiger partial charge in [-0.25, -0.2) is 8.42 Å². The Morgan fingerprint density at radius 3 is 2.34 bits per heavy atom. The van der Waals surface area contributed by atoms with Crippen molar-refractivity contribution in [3.8, 4) is 5.75 Å². The Kier molecular flexibility index (Phi) is 8.48. The van der Waals surface area contributed by atoms with Gasteiger partial charge in [-0.2, -0.15) is 4.31 Å². The van der Waals surface area contributed by atoms with Crippen molar-refractivity contribution in [2.45, 2.75) is 51.5 Å². The van der Waals surface area contributed by atoms with Crippen molar-refractivity contribution in [1.29, 1.82) is 0 Å². The molecule has 0 unspecified atom stereocenters. The topological polar surface area (TPSA) is 84.9 Å². The molecule has 2 rings (SSSR count). The first kappa shape index (κ1) is 23.6. The summed E-state index contributed by atoms with van der Waals surface area (Å²) < 4.78 is 37.9. The maximum absolute atomic E-state index is 12.9. The van der Waals surface area contributed by atoms with Gasteiger partial charge in [0.2, 0.25) is 15.9 Å². The number of nitrogens with zero attached hydrogens (tertiary/aromatic N) is 1. The van der Waals surface area contributed by atoms with Crippen LogP contribution in [0, 0.1) is 11.8 Å². The summed E-state index contributed by atoms with van der Waals surface area (Å²) in [7, 11) is -2.05. The Morgan fingerprint density at radius 1 is 1.17 bits per heavy atom. The second kappa shape index (κ2) is 10.4. The van der Waals surface area contributed by atoms with Gasteiger partial charge in [0, 0.05) is 25.6 Å². The number of carbonyl (C=O) groups is 1. The lowest BCUT2D eigenvalue weighted by atomic mass is 9.93. The molecular weight excluding hydrogens is 392 g/mol. The van der Waals surface area contributed by atoms with Gasteiger partial charge in [0.1, 0.15) is 5.75 Å². The summed E-state index contributed by atoms with van der Waals surface area (Å²) in [5.41, 5.74) is 0.711. The average molecular weight is 427 g/mol. The second-order valence-electron chi connectivity index (χ2n) is 8.07. The van der Waals surface area contributed by atoms with Crippen molar-refractivity contribution in [1.82, 2.24) is 9.62 Å². The zero-order valence-electron chi connectivity index (χ0n) is 18.1. The molecule has 1 aliphatic rings. The smallest absolute Gasteiger partial charge is 0.243 e. The minimum atomic E-state index is -3.59. The van der Waals surface area contributed by atoms with Crippen LogP contribution in [0.3, 0.4) is 0 Å². The molecule has 0 bridgehead atoms. The van der Waals surface area contributed by atoms with E-state index in [1.54, 1.807) is 25.3 Å². The monoisotopic (exact) mass is 426 g/mol. The van der Waals surface area contributed by atoms with Crippen molar-refractivity contribution in [2.75, 3.05) is 33.4 Å². The van der Waals surface area contributed by atoms with Crippen molar-refractivity contribution >= 4 is 15.9 Å². The number of hydrogen-bond acceptors (Lipinski definition) is 5. The summed E-state index contributed by atoms with van der Waals surface area (Å²) in [6.45, 7) is 9.85. The number of sulfonamides is 1. The lowest BCUT2D eigenvalue weighted by molar-refractivity contribution is -0.122. The van der Waals surface area contributed by atoms with E-state index in [2.05, 4.69) is 33.0 Å². The van der Waals surface area contributed by atoms with E-state index in [0.717, 1.165) is 0 Å². The van der Waals surface area contributed by atoms with E-state index < -0.39 is 10.0 Å². The van der Waals surface area contributed by atoms with Crippen LogP contribution in [0.25, 0.3) is 0 Å². The van der Waals surface area contributed by atoms with Gasteiger partial charge in [-0.15, -0.1) is 0 Å². The molecular formula is C21H34N2O5S. The standard InChI is InChI=1S/C21H34N2O5S/c1-15(2)21(16(3)4)22-20(24)9-6-17-14-18(7-8-19(17)27-5)29(25,26)23-10-12-28-13-11-23/h7-8,14-16,21H,6,9-13H2,1-5H3,(H,22,24). The quantitative estimate of drug-likeness (QED) is 0.656. The lowest BCUT2D eigenvalue weighted by Gasteiger charge is -2.26. The number of nitrogens with one attached hydrogen (secondary N) is 1. The second-order valence-corrected chi connectivity index (χ2v) is 10.0. The molecule has 0 spiro atoms. The molecule has 0 radical (unpaired) electrons. The highest BCUT2D eigenvalue weighted by Crippen LogP contribution is 2.26. The highest BCUT2D eigenvalue weighted by molar-refractivity contribution is 7.89. The zero-order valence-corrected chi connectivity index (χ0v) is 18.9. The molecule has 0 atom stereocenters. The fourth-order valence-corrected chi connectivity index (χ4v) is 5.12. The lowest BCUT2D eigenvalue weighted by Crippen LogP contribution is -2.42. The fraction of sp³-hybridized carbons (Fsp3) is 0.667. The molecule has 1 saturated heterocycles. The first-order chi connectivity index (χ1) is 13.7. The van der Waals surface area contributed by atoms with Crippen LogP contribution in [0.2, 0.25) is 0 Å². The molecule has 164 valence electrons. The van der Waals surface area contributed by atoms with Crippen molar-refractivity contribution in [2.24, 2.45) is 11.8 Å². The first-order valence-corrected chi connectivity index (χ1v) is 11.6. The van der Waals surface area contributed by atoms with Crippen molar-refractivity contribution in [3.05, 3.63) is 23.8 Å². The van der Waals surface area contributed by atoms with E-state index >= 15 is 0 Å². The van der Waals surface area contributed by atoms with Gasteiger partial charge in [-0.05, 0) is 42.0 Å². The van der Waals surface area contributed by atoms with Crippen molar-refractivity contribution < 1.29 is 22.7 Å². The summed E-state index contributed by atoms with van der Waals surface area (Å²) in [4.78, 5) is 12.7. The Morgan fingerprint density at radius 2 is 1.79 bits per heavy atom.